The van der Waals surface area contributed by atoms with E-state index in [2.05, 4.69) is 16.7 Å². The number of carbonyl (C=O) groups is 2. The van der Waals surface area contributed by atoms with Gasteiger partial charge < -0.3 is 15.7 Å². The second-order valence-electron chi connectivity index (χ2n) is 5.90. The summed E-state index contributed by atoms with van der Waals surface area (Å²) in [5.41, 5.74) is 2.42. The summed E-state index contributed by atoms with van der Waals surface area (Å²) in [4.78, 5) is 23.5. The van der Waals surface area contributed by atoms with E-state index in [1.54, 1.807) is 0 Å². The van der Waals surface area contributed by atoms with E-state index >= 15 is 0 Å². The van der Waals surface area contributed by atoms with Crippen molar-refractivity contribution in [2.75, 3.05) is 0 Å². The van der Waals surface area contributed by atoms with Crippen LogP contribution in [0, 0.1) is 5.92 Å². The Balaban J connectivity index is 1.63. The van der Waals surface area contributed by atoms with Gasteiger partial charge in [-0.3, -0.25) is 9.59 Å². The third-order valence-electron chi connectivity index (χ3n) is 4.56. The summed E-state index contributed by atoms with van der Waals surface area (Å²) in [6, 6.07) is 7.59. The predicted molar refractivity (Wildman–Crippen MR) is 77.7 cm³/mol. The van der Waals surface area contributed by atoms with Crippen LogP contribution in [0.4, 0.5) is 0 Å². The van der Waals surface area contributed by atoms with Gasteiger partial charge in [0.2, 0.25) is 5.91 Å². The zero-order valence-electron chi connectivity index (χ0n) is 11.8. The SMILES string of the molecule is O=C(O)C1CCCC1NC(=O)[C@H]1Cc2ccccc2CN1. The molecule has 1 fully saturated rings. The van der Waals surface area contributed by atoms with Crippen molar-refractivity contribution >= 4 is 11.9 Å². The number of hydrogen-bond donors (Lipinski definition) is 3. The lowest BCUT2D eigenvalue weighted by atomic mass is 9.95. The molecule has 1 heterocycles. The fraction of sp³-hybridized carbons (Fsp3) is 0.500. The molecular weight excluding hydrogens is 268 g/mol. The Morgan fingerprint density at radius 3 is 2.71 bits per heavy atom. The molecule has 3 N–H and O–H groups in total. The van der Waals surface area contributed by atoms with Crippen LogP contribution in [0.2, 0.25) is 0 Å². The molecule has 0 bridgehead atoms. The number of carbonyl (C=O) groups excluding carboxylic acids is 1. The molecule has 0 aromatic heterocycles. The molecule has 21 heavy (non-hydrogen) atoms. The molecule has 2 unspecified atom stereocenters. The van der Waals surface area contributed by atoms with Gasteiger partial charge in [0.15, 0.2) is 0 Å². The van der Waals surface area contributed by atoms with Crippen LogP contribution in [0.25, 0.3) is 0 Å². The fourth-order valence-corrected chi connectivity index (χ4v) is 3.35. The van der Waals surface area contributed by atoms with E-state index in [1.807, 2.05) is 18.2 Å². The first-order chi connectivity index (χ1) is 10.1. The highest BCUT2D eigenvalue weighted by Crippen LogP contribution is 2.26. The first kappa shape index (κ1) is 14.1. The van der Waals surface area contributed by atoms with Gasteiger partial charge in [-0.2, -0.15) is 0 Å². The number of fused-ring (bicyclic) bond motifs is 1. The average Bonchev–Trinajstić information content (AvgIpc) is 2.95. The molecule has 112 valence electrons. The van der Waals surface area contributed by atoms with Crippen molar-refractivity contribution < 1.29 is 14.7 Å². The fourth-order valence-electron chi connectivity index (χ4n) is 3.35. The first-order valence-electron chi connectivity index (χ1n) is 7.48. The minimum absolute atomic E-state index is 0.0809. The first-order valence-corrected chi connectivity index (χ1v) is 7.48. The van der Waals surface area contributed by atoms with Crippen LogP contribution in [0.1, 0.15) is 30.4 Å². The minimum Gasteiger partial charge on any atom is -0.481 e. The molecule has 5 nitrogen and oxygen atoms in total. The highest BCUT2D eigenvalue weighted by atomic mass is 16.4. The minimum atomic E-state index is -0.806. The van der Waals surface area contributed by atoms with E-state index < -0.39 is 11.9 Å². The number of carboxylic acid groups (broad SMARTS) is 1. The maximum absolute atomic E-state index is 12.4. The number of rotatable bonds is 3. The van der Waals surface area contributed by atoms with Crippen molar-refractivity contribution in [1.29, 1.82) is 0 Å². The summed E-state index contributed by atoms with van der Waals surface area (Å²) in [5.74, 6) is -1.33. The number of amides is 1. The molecule has 0 spiro atoms. The van der Waals surface area contributed by atoms with Gasteiger partial charge in [-0.1, -0.05) is 30.7 Å². The van der Waals surface area contributed by atoms with Gasteiger partial charge in [0.25, 0.3) is 0 Å². The summed E-state index contributed by atoms with van der Waals surface area (Å²) in [6.45, 7) is 0.682. The second kappa shape index (κ2) is 5.85. The molecule has 0 radical (unpaired) electrons. The smallest absolute Gasteiger partial charge is 0.308 e. The quantitative estimate of drug-likeness (QED) is 0.777. The topological polar surface area (TPSA) is 78.4 Å². The Bertz CT molecular complexity index is 558. The molecule has 1 aromatic rings. The maximum atomic E-state index is 12.4. The van der Waals surface area contributed by atoms with Crippen molar-refractivity contribution in [2.45, 2.75) is 44.3 Å². The lowest BCUT2D eigenvalue weighted by molar-refractivity contribution is -0.142. The van der Waals surface area contributed by atoms with Crippen molar-refractivity contribution in [2.24, 2.45) is 5.92 Å². The summed E-state index contributed by atoms with van der Waals surface area (Å²) in [5, 5.41) is 15.3. The summed E-state index contributed by atoms with van der Waals surface area (Å²) >= 11 is 0. The molecule has 3 rings (SSSR count). The van der Waals surface area contributed by atoms with E-state index in [0.717, 1.165) is 12.8 Å². The van der Waals surface area contributed by atoms with Crippen LogP contribution < -0.4 is 10.6 Å². The van der Waals surface area contributed by atoms with Gasteiger partial charge in [-0.15, -0.1) is 0 Å². The number of hydrogen-bond acceptors (Lipinski definition) is 3. The number of carboxylic acids is 1. The van der Waals surface area contributed by atoms with Crippen molar-refractivity contribution in [3.8, 4) is 0 Å². The van der Waals surface area contributed by atoms with Crippen LogP contribution in [0.3, 0.4) is 0 Å². The number of benzene rings is 1. The van der Waals surface area contributed by atoms with Gasteiger partial charge in [0.05, 0.1) is 12.0 Å². The van der Waals surface area contributed by atoms with Gasteiger partial charge in [0.1, 0.15) is 0 Å². The average molecular weight is 288 g/mol. The van der Waals surface area contributed by atoms with E-state index in [1.165, 1.54) is 11.1 Å². The number of nitrogens with one attached hydrogen (secondary N) is 2. The van der Waals surface area contributed by atoms with Crippen LogP contribution in [0.15, 0.2) is 24.3 Å². The Morgan fingerprint density at radius 2 is 1.95 bits per heavy atom. The van der Waals surface area contributed by atoms with E-state index in [-0.39, 0.29) is 18.0 Å². The Hall–Kier alpha value is -1.88. The van der Waals surface area contributed by atoms with Crippen LogP contribution in [-0.2, 0) is 22.6 Å². The molecule has 3 atom stereocenters. The third-order valence-corrected chi connectivity index (χ3v) is 4.56. The molecule has 1 aliphatic heterocycles. The molecule has 1 aromatic carbocycles. The predicted octanol–water partition coefficient (Wildman–Crippen LogP) is 1.07. The molecule has 5 heteroatoms. The van der Waals surface area contributed by atoms with Crippen LogP contribution >= 0.6 is 0 Å². The zero-order chi connectivity index (χ0) is 14.8. The molecule has 2 aliphatic rings. The third kappa shape index (κ3) is 2.93. The van der Waals surface area contributed by atoms with Crippen LogP contribution in [0.5, 0.6) is 0 Å². The van der Waals surface area contributed by atoms with Crippen molar-refractivity contribution in [3.63, 3.8) is 0 Å². The van der Waals surface area contributed by atoms with Gasteiger partial charge in [-0.05, 0) is 30.4 Å². The molecular formula is C16H20N2O3. The van der Waals surface area contributed by atoms with Crippen molar-refractivity contribution in [1.82, 2.24) is 10.6 Å². The van der Waals surface area contributed by atoms with Gasteiger partial charge in [0, 0.05) is 12.6 Å². The van der Waals surface area contributed by atoms with E-state index in [0.29, 0.717) is 19.4 Å². The highest BCUT2D eigenvalue weighted by Gasteiger charge is 2.35. The monoisotopic (exact) mass is 288 g/mol. The summed E-state index contributed by atoms with van der Waals surface area (Å²) in [6.07, 6.45) is 2.93. The molecule has 1 aliphatic carbocycles. The summed E-state index contributed by atoms with van der Waals surface area (Å²) in [7, 11) is 0. The lowest BCUT2D eigenvalue weighted by Crippen LogP contribution is -2.51. The zero-order valence-corrected chi connectivity index (χ0v) is 11.8. The normalized spacial score (nSPS) is 27.9. The summed E-state index contributed by atoms with van der Waals surface area (Å²) < 4.78 is 0. The largest absolute Gasteiger partial charge is 0.481 e. The lowest BCUT2D eigenvalue weighted by Gasteiger charge is -2.27. The maximum Gasteiger partial charge on any atom is 0.308 e. The Morgan fingerprint density at radius 1 is 1.19 bits per heavy atom. The van der Waals surface area contributed by atoms with Crippen LogP contribution in [-0.4, -0.2) is 29.1 Å². The van der Waals surface area contributed by atoms with E-state index in [9.17, 15) is 14.7 Å². The molecule has 1 amide bonds. The second-order valence-corrected chi connectivity index (χ2v) is 5.90. The Kier molecular flexibility index (Phi) is 3.92. The highest BCUT2D eigenvalue weighted by molar-refractivity contribution is 5.83. The Labute approximate surface area is 123 Å². The molecule has 0 saturated heterocycles. The van der Waals surface area contributed by atoms with Crippen molar-refractivity contribution in [3.05, 3.63) is 35.4 Å². The number of aliphatic carboxylic acids is 1. The standard InChI is InChI=1S/C16H20N2O3/c19-15(18-13-7-3-6-12(13)16(20)21)14-8-10-4-1-2-5-11(10)9-17-14/h1-2,4-5,12-14,17H,3,6-9H2,(H,18,19)(H,20,21)/t12?,13?,14-/m1/s1. The van der Waals surface area contributed by atoms with Gasteiger partial charge >= 0.3 is 5.97 Å². The van der Waals surface area contributed by atoms with E-state index in [4.69, 9.17) is 0 Å². The van der Waals surface area contributed by atoms with Gasteiger partial charge in [-0.25, -0.2) is 0 Å². The molecule has 1 saturated carbocycles.